The maximum absolute atomic E-state index is 12.8. The molecule has 6 nitrogen and oxygen atoms in total. The molecule has 0 radical (unpaired) electrons. The highest BCUT2D eigenvalue weighted by Gasteiger charge is 2.19. The van der Waals surface area contributed by atoms with E-state index in [4.69, 9.17) is 14.2 Å². The first-order valence-electron chi connectivity index (χ1n) is 28.5. The van der Waals surface area contributed by atoms with Gasteiger partial charge >= 0.3 is 17.9 Å². The molecular formula is C57H110O6. The van der Waals surface area contributed by atoms with Crippen LogP contribution in [-0.2, 0) is 28.6 Å². The van der Waals surface area contributed by atoms with Crippen LogP contribution in [-0.4, -0.2) is 37.2 Å². The predicted octanol–water partition coefficient (Wildman–Crippen LogP) is 18.8. The Morgan fingerprint density at radius 1 is 0.254 bits per heavy atom. The summed E-state index contributed by atoms with van der Waals surface area (Å²) in [6.45, 7) is 6.69. The van der Waals surface area contributed by atoms with E-state index in [-0.39, 0.29) is 31.1 Å². The topological polar surface area (TPSA) is 78.9 Å². The number of hydrogen-bond donors (Lipinski definition) is 0. The first kappa shape index (κ1) is 61.4. The van der Waals surface area contributed by atoms with Crippen molar-refractivity contribution in [1.82, 2.24) is 0 Å². The van der Waals surface area contributed by atoms with E-state index in [0.717, 1.165) is 57.8 Å². The van der Waals surface area contributed by atoms with E-state index in [1.165, 1.54) is 231 Å². The molecule has 0 fully saturated rings. The van der Waals surface area contributed by atoms with Gasteiger partial charge in [-0.1, -0.05) is 290 Å². The average molecular weight is 892 g/mol. The first-order valence-corrected chi connectivity index (χ1v) is 28.5. The van der Waals surface area contributed by atoms with Gasteiger partial charge in [-0.2, -0.15) is 0 Å². The molecule has 0 aromatic rings. The third kappa shape index (κ3) is 51.3. The van der Waals surface area contributed by atoms with E-state index in [9.17, 15) is 14.4 Å². The fourth-order valence-electron chi connectivity index (χ4n) is 8.80. The molecule has 0 aromatic heterocycles. The number of ether oxygens (including phenoxy) is 3. The minimum absolute atomic E-state index is 0.0613. The van der Waals surface area contributed by atoms with E-state index in [0.29, 0.717) is 19.3 Å². The molecule has 0 saturated heterocycles. The van der Waals surface area contributed by atoms with Crippen LogP contribution in [0.2, 0.25) is 0 Å². The van der Waals surface area contributed by atoms with Crippen molar-refractivity contribution in [2.45, 2.75) is 335 Å². The standard InChI is InChI=1S/C57H110O6/c1-4-7-10-13-16-19-22-24-26-28-29-30-32-33-35-38-41-44-47-50-56(59)62-53-54(52-61-55(58)49-46-43-40-37-21-18-15-12-9-6-3)63-57(60)51-48-45-42-39-36-34-31-27-25-23-20-17-14-11-8-5-2/h54H,4-53H2,1-3H3/t54-/m0/s1. The zero-order valence-electron chi connectivity index (χ0n) is 42.9. The van der Waals surface area contributed by atoms with Crippen LogP contribution < -0.4 is 0 Å². The summed E-state index contributed by atoms with van der Waals surface area (Å²) < 4.78 is 16.9. The molecule has 0 aromatic carbocycles. The van der Waals surface area contributed by atoms with Crippen LogP contribution in [0.1, 0.15) is 329 Å². The van der Waals surface area contributed by atoms with Crippen LogP contribution in [0.15, 0.2) is 0 Å². The second-order valence-electron chi connectivity index (χ2n) is 19.6. The minimum Gasteiger partial charge on any atom is -0.462 e. The van der Waals surface area contributed by atoms with E-state index >= 15 is 0 Å². The number of hydrogen-bond acceptors (Lipinski definition) is 6. The van der Waals surface area contributed by atoms with Gasteiger partial charge in [0.05, 0.1) is 0 Å². The van der Waals surface area contributed by atoms with Crippen molar-refractivity contribution >= 4 is 17.9 Å². The van der Waals surface area contributed by atoms with Gasteiger partial charge in [-0.15, -0.1) is 0 Å². The average Bonchev–Trinajstić information content (AvgIpc) is 3.28. The zero-order chi connectivity index (χ0) is 45.8. The van der Waals surface area contributed by atoms with Crippen molar-refractivity contribution in [2.24, 2.45) is 0 Å². The van der Waals surface area contributed by atoms with Crippen LogP contribution in [0.3, 0.4) is 0 Å². The van der Waals surface area contributed by atoms with Gasteiger partial charge in [0, 0.05) is 19.3 Å². The lowest BCUT2D eigenvalue weighted by Crippen LogP contribution is -2.30. The van der Waals surface area contributed by atoms with E-state index in [1.54, 1.807) is 0 Å². The monoisotopic (exact) mass is 891 g/mol. The Kier molecular flexibility index (Phi) is 51.7. The molecule has 0 heterocycles. The highest BCUT2D eigenvalue weighted by atomic mass is 16.6. The lowest BCUT2D eigenvalue weighted by molar-refractivity contribution is -0.167. The minimum atomic E-state index is -0.760. The van der Waals surface area contributed by atoms with Crippen molar-refractivity contribution < 1.29 is 28.6 Å². The fourth-order valence-corrected chi connectivity index (χ4v) is 8.80. The van der Waals surface area contributed by atoms with Crippen LogP contribution in [0.25, 0.3) is 0 Å². The van der Waals surface area contributed by atoms with E-state index in [2.05, 4.69) is 20.8 Å². The van der Waals surface area contributed by atoms with Gasteiger partial charge in [-0.05, 0) is 19.3 Å². The summed E-state index contributed by atoms with van der Waals surface area (Å²) in [4.78, 5) is 38.0. The van der Waals surface area contributed by atoms with Crippen LogP contribution in [0.4, 0.5) is 0 Å². The van der Waals surface area contributed by atoms with Gasteiger partial charge in [-0.25, -0.2) is 0 Å². The molecule has 374 valence electrons. The Balaban J connectivity index is 4.22. The lowest BCUT2D eigenvalue weighted by Gasteiger charge is -2.18. The molecule has 1 atom stereocenters. The Labute approximate surface area is 393 Å². The number of carbonyl (C=O) groups is 3. The molecule has 0 aliphatic carbocycles. The quantitative estimate of drug-likeness (QED) is 0.0344. The van der Waals surface area contributed by atoms with Crippen LogP contribution in [0, 0.1) is 0 Å². The largest absolute Gasteiger partial charge is 0.462 e. The highest BCUT2D eigenvalue weighted by molar-refractivity contribution is 5.71. The number of rotatable bonds is 53. The van der Waals surface area contributed by atoms with Gasteiger partial charge < -0.3 is 14.2 Å². The molecule has 0 amide bonds. The van der Waals surface area contributed by atoms with Crippen molar-refractivity contribution in [3.8, 4) is 0 Å². The van der Waals surface area contributed by atoms with Crippen molar-refractivity contribution in [2.75, 3.05) is 13.2 Å². The summed E-state index contributed by atoms with van der Waals surface area (Å²) in [5, 5.41) is 0. The SMILES string of the molecule is CCCCCCCCCCCCCCCCCCCCCC(=O)OC[C@H](COC(=O)CCCCCCCCCCCC)OC(=O)CCCCCCCCCCCCCCCCCC. The van der Waals surface area contributed by atoms with Gasteiger partial charge in [0.1, 0.15) is 13.2 Å². The summed E-state index contributed by atoms with van der Waals surface area (Å²) in [5.41, 5.74) is 0. The second kappa shape index (κ2) is 53.0. The molecule has 0 unspecified atom stereocenters. The van der Waals surface area contributed by atoms with Gasteiger partial charge in [-0.3, -0.25) is 14.4 Å². The van der Waals surface area contributed by atoms with Gasteiger partial charge in [0.15, 0.2) is 6.10 Å². The smallest absolute Gasteiger partial charge is 0.306 e. The highest BCUT2D eigenvalue weighted by Crippen LogP contribution is 2.18. The molecule has 0 N–H and O–H groups in total. The Morgan fingerprint density at radius 2 is 0.429 bits per heavy atom. The summed E-state index contributed by atoms with van der Waals surface area (Å²) in [7, 11) is 0. The summed E-state index contributed by atoms with van der Waals surface area (Å²) >= 11 is 0. The molecule has 63 heavy (non-hydrogen) atoms. The third-order valence-corrected chi connectivity index (χ3v) is 13.1. The van der Waals surface area contributed by atoms with Crippen molar-refractivity contribution in [3.05, 3.63) is 0 Å². The number of unbranched alkanes of at least 4 members (excludes halogenated alkanes) is 42. The zero-order valence-corrected chi connectivity index (χ0v) is 42.9. The van der Waals surface area contributed by atoms with Crippen molar-refractivity contribution in [3.63, 3.8) is 0 Å². The van der Waals surface area contributed by atoms with Crippen molar-refractivity contribution in [1.29, 1.82) is 0 Å². The summed E-state index contributed by atoms with van der Waals surface area (Å²) in [6.07, 6.45) is 58.1. The van der Waals surface area contributed by atoms with Gasteiger partial charge in [0.2, 0.25) is 0 Å². The Hall–Kier alpha value is -1.59. The van der Waals surface area contributed by atoms with Crippen LogP contribution >= 0.6 is 0 Å². The van der Waals surface area contributed by atoms with Gasteiger partial charge in [0.25, 0.3) is 0 Å². The number of esters is 3. The van der Waals surface area contributed by atoms with Crippen LogP contribution in [0.5, 0.6) is 0 Å². The molecule has 0 bridgehead atoms. The maximum atomic E-state index is 12.8. The summed E-state index contributed by atoms with van der Waals surface area (Å²) in [5.74, 6) is -0.836. The Morgan fingerprint density at radius 3 is 0.635 bits per heavy atom. The molecule has 0 saturated carbocycles. The van der Waals surface area contributed by atoms with E-state index < -0.39 is 6.10 Å². The first-order chi connectivity index (χ1) is 31.0. The lowest BCUT2D eigenvalue weighted by atomic mass is 10.0. The maximum Gasteiger partial charge on any atom is 0.306 e. The fraction of sp³-hybridized carbons (Fsp3) is 0.947. The third-order valence-electron chi connectivity index (χ3n) is 13.1. The molecule has 0 rings (SSSR count). The molecule has 0 spiro atoms. The Bertz CT molecular complexity index is 936. The van der Waals surface area contributed by atoms with E-state index in [1.807, 2.05) is 0 Å². The normalized spacial score (nSPS) is 11.9. The molecule has 0 aliphatic heterocycles. The molecule has 6 heteroatoms. The second-order valence-corrected chi connectivity index (χ2v) is 19.6. The number of carbonyl (C=O) groups excluding carboxylic acids is 3. The summed E-state index contributed by atoms with van der Waals surface area (Å²) in [6, 6.07) is 0. The molecular weight excluding hydrogens is 781 g/mol. The molecule has 0 aliphatic rings. The predicted molar refractivity (Wildman–Crippen MR) is 270 cm³/mol.